The number of nitrogens with zero attached hydrogens (tertiary/aromatic N) is 4. The van der Waals surface area contributed by atoms with E-state index in [1.165, 1.54) is 12.1 Å². The van der Waals surface area contributed by atoms with Gasteiger partial charge in [0.2, 0.25) is 5.91 Å². The van der Waals surface area contributed by atoms with Gasteiger partial charge in [-0.3, -0.25) is 9.59 Å². The summed E-state index contributed by atoms with van der Waals surface area (Å²) in [5, 5.41) is 9.94. The molecule has 2 atom stereocenters. The Morgan fingerprint density at radius 1 is 1.19 bits per heavy atom. The molecule has 0 radical (unpaired) electrons. The van der Waals surface area contributed by atoms with E-state index in [4.69, 9.17) is 5.26 Å². The molecule has 7 nitrogen and oxygen atoms in total. The Labute approximate surface area is 184 Å². The van der Waals surface area contributed by atoms with Crippen LogP contribution in [-0.2, 0) is 11.2 Å². The first-order chi connectivity index (χ1) is 15.5. The van der Waals surface area contributed by atoms with E-state index in [1.807, 2.05) is 17.0 Å². The predicted molar refractivity (Wildman–Crippen MR) is 118 cm³/mol. The van der Waals surface area contributed by atoms with E-state index in [-0.39, 0.29) is 23.6 Å². The van der Waals surface area contributed by atoms with Crippen molar-refractivity contribution in [3.63, 3.8) is 0 Å². The third-order valence-electron chi connectivity index (χ3n) is 6.44. The first-order valence-electron chi connectivity index (χ1n) is 10.8. The van der Waals surface area contributed by atoms with Gasteiger partial charge in [0.05, 0.1) is 5.56 Å². The van der Waals surface area contributed by atoms with E-state index in [0.717, 1.165) is 31.7 Å². The molecule has 2 bridgehead atoms. The minimum atomic E-state index is -0.447. The number of carbonyl (C=O) groups is 1. The highest BCUT2D eigenvalue weighted by molar-refractivity contribution is 5.82. The molecule has 2 fully saturated rings. The van der Waals surface area contributed by atoms with Crippen molar-refractivity contribution in [1.82, 2.24) is 14.9 Å². The summed E-state index contributed by atoms with van der Waals surface area (Å²) in [5.74, 6) is 0.472. The van der Waals surface area contributed by atoms with Crippen molar-refractivity contribution in [2.45, 2.75) is 37.8 Å². The molecule has 162 valence electrons. The van der Waals surface area contributed by atoms with Gasteiger partial charge in [-0.2, -0.15) is 5.26 Å². The van der Waals surface area contributed by atoms with Crippen LogP contribution in [0.1, 0.15) is 30.5 Å². The fraction of sp³-hybridized carbons (Fsp3) is 0.333. The number of H-pyrrole nitrogens is 1. The van der Waals surface area contributed by atoms with Gasteiger partial charge in [0.15, 0.2) is 0 Å². The molecular formula is C24H22FN5O2. The second kappa shape index (κ2) is 8.08. The van der Waals surface area contributed by atoms with Gasteiger partial charge in [-0.25, -0.2) is 9.37 Å². The summed E-state index contributed by atoms with van der Waals surface area (Å²) >= 11 is 0. The zero-order chi connectivity index (χ0) is 22.2. The average molecular weight is 431 g/mol. The van der Waals surface area contributed by atoms with Gasteiger partial charge in [0.25, 0.3) is 5.56 Å². The summed E-state index contributed by atoms with van der Waals surface area (Å²) < 4.78 is 13.4. The van der Waals surface area contributed by atoms with E-state index in [2.05, 4.69) is 20.9 Å². The Morgan fingerprint density at radius 3 is 2.66 bits per heavy atom. The summed E-state index contributed by atoms with van der Waals surface area (Å²) in [6.07, 6.45) is 4.24. The Morgan fingerprint density at radius 2 is 1.97 bits per heavy atom. The molecule has 2 saturated heterocycles. The molecule has 32 heavy (non-hydrogen) atoms. The van der Waals surface area contributed by atoms with Gasteiger partial charge in [0, 0.05) is 48.9 Å². The highest BCUT2D eigenvalue weighted by atomic mass is 19.1. The second-order valence-corrected chi connectivity index (χ2v) is 8.46. The number of aromatic nitrogens is 2. The molecule has 0 spiro atoms. The SMILES string of the molecule is N#Cc1ccc(N2CC3CCC(C2)N3C(=O)CCc2cc3ccc(F)cc3c(=O)[nH]2)nc1. The molecule has 1 N–H and O–H groups in total. The van der Waals surface area contributed by atoms with E-state index in [9.17, 15) is 14.0 Å². The van der Waals surface area contributed by atoms with Gasteiger partial charge in [-0.15, -0.1) is 0 Å². The number of aryl methyl sites for hydroxylation is 1. The number of fused-ring (bicyclic) bond motifs is 3. The monoisotopic (exact) mass is 431 g/mol. The Kier molecular flexibility index (Phi) is 5.10. The van der Waals surface area contributed by atoms with Crippen molar-refractivity contribution in [2.24, 2.45) is 0 Å². The van der Waals surface area contributed by atoms with Crippen LogP contribution in [0.4, 0.5) is 10.2 Å². The molecule has 2 aliphatic heterocycles. The van der Waals surface area contributed by atoms with Gasteiger partial charge < -0.3 is 14.8 Å². The van der Waals surface area contributed by atoms with Crippen LogP contribution in [-0.4, -0.2) is 45.9 Å². The van der Waals surface area contributed by atoms with Crippen LogP contribution in [0.3, 0.4) is 0 Å². The molecule has 5 rings (SSSR count). The maximum Gasteiger partial charge on any atom is 0.256 e. The number of amides is 1. The molecule has 0 aliphatic carbocycles. The number of anilines is 1. The number of benzene rings is 1. The summed E-state index contributed by atoms with van der Waals surface area (Å²) in [6.45, 7) is 1.44. The summed E-state index contributed by atoms with van der Waals surface area (Å²) in [7, 11) is 0. The van der Waals surface area contributed by atoms with Gasteiger partial charge in [-0.05, 0) is 55.0 Å². The van der Waals surface area contributed by atoms with E-state index >= 15 is 0 Å². The first-order valence-corrected chi connectivity index (χ1v) is 10.8. The molecule has 1 amide bonds. The van der Waals surface area contributed by atoms with Crippen molar-refractivity contribution in [1.29, 1.82) is 5.26 Å². The zero-order valence-electron chi connectivity index (χ0n) is 17.4. The Bertz CT molecular complexity index is 1270. The van der Waals surface area contributed by atoms with Gasteiger partial charge in [0.1, 0.15) is 17.7 Å². The van der Waals surface area contributed by atoms with Crippen LogP contribution in [0.5, 0.6) is 0 Å². The standard InChI is InChI=1S/C24H22FN5O2/c25-17-3-2-16-9-18(28-24(32)21(16)10-17)4-8-23(31)30-19-5-6-20(30)14-29(13-19)22-7-1-15(11-26)12-27-22/h1-3,7,9-10,12,19-20H,4-6,8,13-14H2,(H,28,32). The van der Waals surface area contributed by atoms with Crippen LogP contribution in [0.15, 0.2) is 47.4 Å². The maximum absolute atomic E-state index is 13.4. The summed E-state index contributed by atoms with van der Waals surface area (Å²) in [4.78, 5) is 36.7. The third-order valence-corrected chi connectivity index (χ3v) is 6.44. The van der Waals surface area contributed by atoms with Crippen molar-refractivity contribution >= 4 is 22.5 Å². The van der Waals surface area contributed by atoms with Gasteiger partial charge in [-0.1, -0.05) is 6.07 Å². The van der Waals surface area contributed by atoms with Crippen molar-refractivity contribution in [3.8, 4) is 6.07 Å². The smallest absolute Gasteiger partial charge is 0.256 e. The first kappa shape index (κ1) is 20.2. The number of hydrogen-bond acceptors (Lipinski definition) is 5. The summed E-state index contributed by atoms with van der Waals surface area (Å²) in [6, 6.07) is 11.9. The molecule has 2 aliphatic rings. The largest absolute Gasteiger partial charge is 0.352 e. The minimum absolute atomic E-state index is 0.0880. The average Bonchev–Trinajstić information content (AvgIpc) is 3.07. The lowest BCUT2D eigenvalue weighted by Crippen LogP contribution is -2.56. The van der Waals surface area contributed by atoms with Crippen LogP contribution in [0.2, 0.25) is 0 Å². The lowest BCUT2D eigenvalue weighted by atomic mass is 10.1. The fourth-order valence-corrected chi connectivity index (χ4v) is 4.93. The number of hydrogen-bond donors (Lipinski definition) is 1. The summed E-state index contributed by atoms with van der Waals surface area (Å²) in [5.41, 5.74) is 0.866. The van der Waals surface area contributed by atoms with Gasteiger partial charge >= 0.3 is 0 Å². The molecule has 4 heterocycles. The van der Waals surface area contributed by atoms with Crippen molar-refractivity contribution in [2.75, 3.05) is 18.0 Å². The highest BCUT2D eigenvalue weighted by Crippen LogP contribution is 2.32. The lowest BCUT2D eigenvalue weighted by Gasteiger charge is -2.41. The quantitative estimate of drug-likeness (QED) is 0.686. The van der Waals surface area contributed by atoms with Crippen LogP contribution in [0, 0.1) is 17.1 Å². The Balaban J connectivity index is 1.26. The van der Waals surface area contributed by atoms with Crippen molar-refractivity contribution in [3.05, 3.63) is 70.0 Å². The molecule has 2 aromatic heterocycles. The van der Waals surface area contributed by atoms with Crippen LogP contribution in [0.25, 0.3) is 10.8 Å². The zero-order valence-corrected chi connectivity index (χ0v) is 17.4. The lowest BCUT2D eigenvalue weighted by molar-refractivity contribution is -0.134. The van der Waals surface area contributed by atoms with E-state index in [0.29, 0.717) is 34.9 Å². The Hall–Kier alpha value is -3.73. The molecule has 2 unspecified atom stereocenters. The fourth-order valence-electron chi connectivity index (χ4n) is 4.93. The molecular weight excluding hydrogens is 409 g/mol. The predicted octanol–water partition coefficient (Wildman–Crippen LogP) is 2.75. The number of rotatable bonds is 4. The number of carbonyl (C=O) groups excluding carboxylic acids is 1. The highest BCUT2D eigenvalue weighted by Gasteiger charge is 2.42. The topological polar surface area (TPSA) is 93.1 Å². The normalized spacial score (nSPS) is 19.9. The number of aromatic amines is 1. The van der Waals surface area contributed by atoms with E-state index in [1.54, 1.807) is 18.3 Å². The number of nitriles is 1. The van der Waals surface area contributed by atoms with Crippen molar-refractivity contribution < 1.29 is 9.18 Å². The number of nitrogens with one attached hydrogen (secondary N) is 1. The molecule has 8 heteroatoms. The van der Waals surface area contributed by atoms with Crippen LogP contribution >= 0.6 is 0 Å². The maximum atomic E-state index is 13.4. The third kappa shape index (κ3) is 3.71. The van der Waals surface area contributed by atoms with E-state index < -0.39 is 5.82 Å². The van der Waals surface area contributed by atoms with Crippen LogP contribution < -0.4 is 10.5 Å². The molecule has 0 saturated carbocycles. The number of pyridine rings is 2. The number of halogens is 1. The molecule has 3 aromatic rings. The number of piperazine rings is 1. The second-order valence-electron chi connectivity index (χ2n) is 8.46. The molecule has 1 aromatic carbocycles. The minimum Gasteiger partial charge on any atom is -0.352 e.